The summed E-state index contributed by atoms with van der Waals surface area (Å²) in [6.45, 7) is 7.80. The monoisotopic (exact) mass is 349 g/mol. The van der Waals surface area contributed by atoms with Gasteiger partial charge in [-0.1, -0.05) is 6.07 Å². The molecule has 0 bridgehead atoms. The van der Waals surface area contributed by atoms with Crippen LogP contribution in [0.25, 0.3) is 0 Å². The van der Waals surface area contributed by atoms with Gasteiger partial charge in [0, 0.05) is 39.3 Å². The van der Waals surface area contributed by atoms with Crippen LogP contribution in [-0.4, -0.2) is 75.0 Å². The number of nitrogens with zero attached hydrogens (tertiary/aromatic N) is 2. The molecule has 138 valence electrons. The van der Waals surface area contributed by atoms with Crippen LogP contribution >= 0.6 is 0 Å². The molecule has 1 atom stereocenters. The Bertz CT molecular complexity index is 590. The van der Waals surface area contributed by atoms with E-state index in [4.69, 9.17) is 14.2 Å². The van der Waals surface area contributed by atoms with Crippen LogP contribution < -0.4 is 14.8 Å². The van der Waals surface area contributed by atoms with Gasteiger partial charge in [-0.15, -0.1) is 0 Å². The number of rotatable bonds is 5. The summed E-state index contributed by atoms with van der Waals surface area (Å²) in [6, 6.07) is 6.03. The summed E-state index contributed by atoms with van der Waals surface area (Å²) >= 11 is 0. The fourth-order valence-corrected chi connectivity index (χ4v) is 3.05. The molecule has 2 heterocycles. The molecule has 0 aromatic heterocycles. The summed E-state index contributed by atoms with van der Waals surface area (Å²) in [5.74, 6) is 1.51. The number of nitrogens with one attached hydrogen (secondary N) is 1. The summed E-state index contributed by atoms with van der Waals surface area (Å²) in [7, 11) is 1.80. The molecule has 25 heavy (non-hydrogen) atoms. The average molecular weight is 349 g/mol. The Morgan fingerprint density at radius 2 is 1.92 bits per heavy atom. The largest absolute Gasteiger partial charge is 0.486 e. The number of fused-ring (bicyclic) bond motifs is 1. The Morgan fingerprint density at radius 3 is 2.68 bits per heavy atom. The Balaban J connectivity index is 1.47. The fourth-order valence-electron chi connectivity index (χ4n) is 3.05. The first-order chi connectivity index (χ1) is 12.1. The number of carbonyl (C=O) groups excluding carboxylic acids is 1. The Morgan fingerprint density at radius 1 is 1.20 bits per heavy atom. The summed E-state index contributed by atoms with van der Waals surface area (Å²) in [4.78, 5) is 16.4. The molecule has 0 saturated carbocycles. The second-order valence-corrected chi connectivity index (χ2v) is 6.52. The molecule has 0 aliphatic carbocycles. The second kappa shape index (κ2) is 8.40. The van der Waals surface area contributed by atoms with E-state index >= 15 is 0 Å². The van der Waals surface area contributed by atoms with Crippen molar-refractivity contribution >= 4 is 6.03 Å². The third kappa shape index (κ3) is 4.76. The molecule has 2 amide bonds. The van der Waals surface area contributed by atoms with Crippen LogP contribution in [0.2, 0.25) is 0 Å². The summed E-state index contributed by atoms with van der Waals surface area (Å²) in [5, 5.41) is 3.01. The van der Waals surface area contributed by atoms with E-state index in [-0.39, 0.29) is 6.03 Å². The highest BCUT2D eigenvalue weighted by Gasteiger charge is 2.19. The lowest BCUT2D eigenvalue weighted by Crippen LogP contribution is -2.49. The highest BCUT2D eigenvalue weighted by atomic mass is 16.6. The minimum absolute atomic E-state index is 0.0741. The molecule has 1 N–H and O–H groups in total. The van der Waals surface area contributed by atoms with Crippen molar-refractivity contribution in [1.29, 1.82) is 0 Å². The van der Waals surface area contributed by atoms with E-state index in [2.05, 4.69) is 17.1 Å². The standard InChI is InChI=1S/C18H27N3O4/c1-14(21-5-7-23-8-6-21)12-19-18(22)20(2)13-15-3-4-16-17(11-15)25-10-9-24-16/h3-4,11,14H,5-10,12-13H2,1-2H3,(H,19,22)/t14-/m0/s1. The van der Waals surface area contributed by atoms with Crippen molar-refractivity contribution in [2.75, 3.05) is 53.1 Å². The predicted molar refractivity (Wildman–Crippen MR) is 94.2 cm³/mol. The molecule has 1 aromatic rings. The zero-order chi connectivity index (χ0) is 17.6. The van der Waals surface area contributed by atoms with Gasteiger partial charge < -0.3 is 24.4 Å². The van der Waals surface area contributed by atoms with Crippen molar-refractivity contribution in [3.63, 3.8) is 0 Å². The van der Waals surface area contributed by atoms with Gasteiger partial charge in [-0.3, -0.25) is 4.90 Å². The van der Waals surface area contributed by atoms with Gasteiger partial charge in [-0.05, 0) is 24.6 Å². The van der Waals surface area contributed by atoms with Gasteiger partial charge in [-0.25, -0.2) is 4.79 Å². The number of urea groups is 1. The Labute approximate surface area is 148 Å². The topological polar surface area (TPSA) is 63.3 Å². The molecule has 0 spiro atoms. The van der Waals surface area contributed by atoms with Gasteiger partial charge in [0.05, 0.1) is 13.2 Å². The van der Waals surface area contributed by atoms with Gasteiger partial charge in [-0.2, -0.15) is 0 Å². The lowest BCUT2D eigenvalue weighted by Gasteiger charge is -2.32. The van der Waals surface area contributed by atoms with E-state index in [1.165, 1.54) is 0 Å². The molecular formula is C18H27N3O4. The van der Waals surface area contributed by atoms with Crippen LogP contribution in [0.3, 0.4) is 0 Å². The van der Waals surface area contributed by atoms with Crippen molar-refractivity contribution < 1.29 is 19.0 Å². The number of benzene rings is 1. The van der Waals surface area contributed by atoms with Gasteiger partial charge in [0.15, 0.2) is 11.5 Å². The molecule has 2 aliphatic heterocycles. The van der Waals surface area contributed by atoms with E-state index in [1.807, 2.05) is 18.2 Å². The SMILES string of the molecule is C[C@@H](CNC(=O)N(C)Cc1ccc2c(c1)OCCO2)N1CCOCC1. The van der Waals surface area contributed by atoms with Crippen LogP contribution in [0.15, 0.2) is 18.2 Å². The predicted octanol–water partition coefficient (Wildman–Crippen LogP) is 1.32. The minimum atomic E-state index is -0.0741. The first-order valence-corrected chi connectivity index (χ1v) is 8.83. The van der Waals surface area contributed by atoms with E-state index < -0.39 is 0 Å². The van der Waals surface area contributed by atoms with Crippen molar-refractivity contribution in [2.24, 2.45) is 0 Å². The maximum absolute atomic E-state index is 12.3. The molecule has 7 nitrogen and oxygen atoms in total. The highest BCUT2D eigenvalue weighted by molar-refractivity contribution is 5.73. The molecule has 2 aliphatic rings. The molecular weight excluding hydrogens is 322 g/mol. The summed E-state index contributed by atoms with van der Waals surface area (Å²) in [5.41, 5.74) is 1.02. The van der Waals surface area contributed by atoms with Crippen LogP contribution in [0.5, 0.6) is 11.5 Å². The molecule has 1 saturated heterocycles. The third-order valence-corrected chi connectivity index (χ3v) is 4.59. The number of amides is 2. The van der Waals surface area contributed by atoms with Crippen LogP contribution in [0, 0.1) is 0 Å². The normalized spacial score (nSPS) is 18.5. The van der Waals surface area contributed by atoms with Gasteiger partial charge >= 0.3 is 6.03 Å². The second-order valence-electron chi connectivity index (χ2n) is 6.52. The van der Waals surface area contributed by atoms with E-state index in [9.17, 15) is 4.79 Å². The molecule has 3 rings (SSSR count). The first-order valence-electron chi connectivity index (χ1n) is 8.83. The van der Waals surface area contributed by atoms with Crippen molar-refractivity contribution in [3.05, 3.63) is 23.8 Å². The highest BCUT2D eigenvalue weighted by Crippen LogP contribution is 2.30. The number of hydrogen-bond donors (Lipinski definition) is 1. The van der Waals surface area contributed by atoms with Crippen LogP contribution in [0.1, 0.15) is 12.5 Å². The average Bonchev–Trinajstić information content (AvgIpc) is 2.66. The van der Waals surface area contributed by atoms with Crippen molar-refractivity contribution in [1.82, 2.24) is 15.1 Å². The molecule has 7 heteroatoms. The number of morpholine rings is 1. The maximum atomic E-state index is 12.3. The zero-order valence-electron chi connectivity index (χ0n) is 15.0. The molecule has 0 unspecified atom stereocenters. The molecule has 0 radical (unpaired) electrons. The van der Waals surface area contributed by atoms with Gasteiger partial charge in [0.2, 0.25) is 0 Å². The van der Waals surface area contributed by atoms with E-state index in [0.717, 1.165) is 43.4 Å². The van der Waals surface area contributed by atoms with Gasteiger partial charge in [0.1, 0.15) is 13.2 Å². The molecule has 1 fully saturated rings. The fraction of sp³-hybridized carbons (Fsp3) is 0.611. The number of hydrogen-bond acceptors (Lipinski definition) is 5. The third-order valence-electron chi connectivity index (χ3n) is 4.59. The van der Waals surface area contributed by atoms with Crippen LogP contribution in [0.4, 0.5) is 4.79 Å². The Hall–Kier alpha value is -1.99. The van der Waals surface area contributed by atoms with Crippen molar-refractivity contribution in [2.45, 2.75) is 19.5 Å². The zero-order valence-corrected chi connectivity index (χ0v) is 15.0. The van der Waals surface area contributed by atoms with E-state index in [1.54, 1.807) is 11.9 Å². The quantitative estimate of drug-likeness (QED) is 0.869. The lowest BCUT2D eigenvalue weighted by atomic mass is 10.2. The number of ether oxygens (including phenoxy) is 3. The lowest BCUT2D eigenvalue weighted by molar-refractivity contribution is 0.0207. The molecule has 1 aromatic carbocycles. The summed E-state index contributed by atoms with van der Waals surface area (Å²) in [6.07, 6.45) is 0. The number of carbonyl (C=O) groups is 1. The van der Waals surface area contributed by atoms with Gasteiger partial charge in [0.25, 0.3) is 0 Å². The van der Waals surface area contributed by atoms with Crippen LogP contribution in [-0.2, 0) is 11.3 Å². The Kier molecular flexibility index (Phi) is 5.99. The van der Waals surface area contributed by atoms with Crippen molar-refractivity contribution in [3.8, 4) is 11.5 Å². The smallest absolute Gasteiger partial charge is 0.317 e. The maximum Gasteiger partial charge on any atom is 0.317 e. The summed E-state index contributed by atoms with van der Waals surface area (Å²) < 4.78 is 16.5. The van der Waals surface area contributed by atoms with E-state index in [0.29, 0.717) is 32.3 Å². The first kappa shape index (κ1) is 17.8. The minimum Gasteiger partial charge on any atom is -0.486 e.